The zero-order valence-electron chi connectivity index (χ0n) is 14.2. The number of ether oxygens (including phenoxy) is 2. The molecule has 21 heavy (non-hydrogen) atoms. The molecule has 0 aliphatic carbocycles. The van der Waals surface area contributed by atoms with E-state index in [9.17, 15) is 0 Å². The molecule has 1 saturated heterocycles. The molecule has 0 saturated carbocycles. The van der Waals surface area contributed by atoms with Crippen molar-refractivity contribution >= 4 is 8.56 Å². The summed E-state index contributed by atoms with van der Waals surface area (Å²) in [6.45, 7) is 4.74. The number of hydrogen-bond donors (Lipinski definition) is 0. The Kier molecular flexibility index (Phi) is 10.6. The molecule has 1 rings (SSSR count). The van der Waals surface area contributed by atoms with Crippen LogP contribution in [0.25, 0.3) is 0 Å². The lowest BCUT2D eigenvalue weighted by atomic mass is 10.1. The molecule has 1 aliphatic heterocycles. The maximum Gasteiger partial charge on any atom is 0.334 e. The van der Waals surface area contributed by atoms with Crippen LogP contribution < -0.4 is 0 Å². The molecule has 1 unspecified atom stereocenters. The fourth-order valence-corrected chi connectivity index (χ4v) is 3.84. The third-order valence-electron chi connectivity index (χ3n) is 4.24. The van der Waals surface area contributed by atoms with Gasteiger partial charge in [0.1, 0.15) is 6.10 Å². The van der Waals surface area contributed by atoms with Gasteiger partial charge in [-0.1, -0.05) is 44.9 Å². The molecule has 0 amide bonds. The monoisotopic (exact) mass is 318 g/mol. The molecule has 0 bridgehead atoms. The van der Waals surface area contributed by atoms with Crippen LogP contribution in [-0.4, -0.2) is 48.7 Å². The van der Waals surface area contributed by atoms with Gasteiger partial charge in [0.25, 0.3) is 0 Å². The second-order valence-electron chi connectivity index (χ2n) is 6.15. The van der Waals surface area contributed by atoms with Gasteiger partial charge in [-0.2, -0.15) is 0 Å². The van der Waals surface area contributed by atoms with Gasteiger partial charge >= 0.3 is 8.56 Å². The second-order valence-corrected chi connectivity index (χ2v) is 9.73. The van der Waals surface area contributed by atoms with E-state index in [1.807, 2.05) is 0 Å². The van der Waals surface area contributed by atoms with Gasteiger partial charge in [0.15, 0.2) is 0 Å². The number of rotatable bonds is 15. The van der Waals surface area contributed by atoms with Crippen LogP contribution in [-0.2, 0) is 18.3 Å². The highest BCUT2D eigenvalue weighted by atomic mass is 28.4. The molecule has 1 atom stereocenters. The minimum absolute atomic E-state index is 0.408. The summed E-state index contributed by atoms with van der Waals surface area (Å²) < 4.78 is 21.6. The fraction of sp³-hybridized carbons (Fsp3) is 1.00. The molecule has 126 valence electrons. The number of hydrogen-bond acceptors (Lipinski definition) is 4. The first kappa shape index (κ1) is 19.1. The van der Waals surface area contributed by atoms with Gasteiger partial charge in [0.05, 0.1) is 13.2 Å². The highest BCUT2D eigenvalue weighted by Crippen LogP contribution is 2.17. The summed E-state index contributed by atoms with van der Waals surface area (Å²) in [5, 5.41) is 0. The van der Waals surface area contributed by atoms with Gasteiger partial charge in [-0.3, -0.25) is 0 Å². The van der Waals surface area contributed by atoms with Gasteiger partial charge in [-0.25, -0.2) is 0 Å². The molecule has 1 heterocycles. The third-order valence-corrected chi connectivity index (χ3v) is 7.23. The highest BCUT2D eigenvalue weighted by molar-refractivity contribution is 6.65. The summed E-state index contributed by atoms with van der Waals surface area (Å²) in [7, 11) is 1.73. The maximum atomic E-state index is 5.53. The van der Waals surface area contributed by atoms with Crippen molar-refractivity contribution in [1.29, 1.82) is 0 Å². The van der Waals surface area contributed by atoms with Crippen molar-refractivity contribution in [2.75, 3.05) is 34.0 Å². The SMILES string of the molecule is CO[Si](C)(CCCCCCCCCCOCC1CO1)OC. The summed E-state index contributed by atoms with van der Waals surface area (Å²) in [5.74, 6) is 0. The van der Waals surface area contributed by atoms with Gasteiger partial charge < -0.3 is 18.3 Å². The van der Waals surface area contributed by atoms with Crippen molar-refractivity contribution in [3.63, 3.8) is 0 Å². The number of epoxide rings is 1. The van der Waals surface area contributed by atoms with E-state index < -0.39 is 8.56 Å². The van der Waals surface area contributed by atoms with Crippen LogP contribution in [0.2, 0.25) is 12.6 Å². The van der Waals surface area contributed by atoms with Crippen LogP contribution in [0.5, 0.6) is 0 Å². The van der Waals surface area contributed by atoms with E-state index in [2.05, 4.69) is 6.55 Å². The van der Waals surface area contributed by atoms with Crippen LogP contribution in [0, 0.1) is 0 Å². The first-order valence-electron chi connectivity index (χ1n) is 8.50. The molecule has 5 heteroatoms. The quantitative estimate of drug-likeness (QED) is 0.261. The summed E-state index contributed by atoms with van der Waals surface area (Å²) in [5.41, 5.74) is 0. The van der Waals surface area contributed by atoms with Crippen molar-refractivity contribution in [3.8, 4) is 0 Å². The maximum absolute atomic E-state index is 5.53. The smallest absolute Gasteiger partial charge is 0.334 e. The predicted octanol–water partition coefficient (Wildman–Crippen LogP) is 3.89. The Morgan fingerprint density at radius 3 is 1.95 bits per heavy atom. The Labute approximate surface area is 131 Å². The lowest BCUT2D eigenvalue weighted by Gasteiger charge is -2.22. The van der Waals surface area contributed by atoms with Gasteiger partial charge in [0, 0.05) is 20.8 Å². The topological polar surface area (TPSA) is 40.2 Å². The third kappa shape index (κ3) is 10.4. The van der Waals surface area contributed by atoms with E-state index >= 15 is 0 Å². The largest absolute Gasteiger partial charge is 0.398 e. The first-order valence-corrected chi connectivity index (χ1v) is 11.0. The average Bonchev–Trinajstić information content (AvgIpc) is 3.32. The minimum atomic E-state index is -1.82. The van der Waals surface area contributed by atoms with Gasteiger partial charge in [-0.15, -0.1) is 0 Å². The van der Waals surface area contributed by atoms with Crippen molar-refractivity contribution in [1.82, 2.24) is 0 Å². The van der Waals surface area contributed by atoms with E-state index in [0.29, 0.717) is 6.10 Å². The Morgan fingerprint density at radius 2 is 1.43 bits per heavy atom. The summed E-state index contributed by atoms with van der Waals surface area (Å²) in [6.07, 6.45) is 10.8. The van der Waals surface area contributed by atoms with Gasteiger partial charge in [-0.05, 0) is 19.0 Å². The molecule has 0 spiro atoms. The molecular formula is C16H34O4Si. The molecule has 1 aliphatic rings. The fourth-order valence-electron chi connectivity index (χ4n) is 2.38. The van der Waals surface area contributed by atoms with Crippen LogP contribution in [0.15, 0.2) is 0 Å². The molecule has 4 nitrogen and oxygen atoms in total. The Morgan fingerprint density at radius 1 is 0.905 bits per heavy atom. The minimum Gasteiger partial charge on any atom is -0.398 e. The van der Waals surface area contributed by atoms with E-state index in [4.69, 9.17) is 18.3 Å². The van der Waals surface area contributed by atoms with E-state index in [1.54, 1.807) is 14.2 Å². The summed E-state index contributed by atoms with van der Waals surface area (Å²) in [4.78, 5) is 0. The average molecular weight is 319 g/mol. The molecule has 0 aromatic carbocycles. The van der Waals surface area contributed by atoms with Crippen molar-refractivity contribution in [2.45, 2.75) is 70.1 Å². The molecule has 0 radical (unpaired) electrons. The van der Waals surface area contributed by atoms with Crippen LogP contribution in [0.3, 0.4) is 0 Å². The normalized spacial score (nSPS) is 18.1. The van der Waals surface area contributed by atoms with Crippen LogP contribution >= 0.6 is 0 Å². The van der Waals surface area contributed by atoms with Crippen molar-refractivity contribution in [3.05, 3.63) is 0 Å². The lowest BCUT2D eigenvalue weighted by Crippen LogP contribution is -2.35. The van der Waals surface area contributed by atoms with E-state index in [1.165, 1.54) is 51.4 Å². The van der Waals surface area contributed by atoms with Crippen molar-refractivity contribution < 1.29 is 18.3 Å². The van der Waals surface area contributed by atoms with Crippen LogP contribution in [0.4, 0.5) is 0 Å². The zero-order chi connectivity index (χ0) is 15.4. The molecule has 0 N–H and O–H groups in total. The Balaban J connectivity index is 1.73. The lowest BCUT2D eigenvalue weighted by molar-refractivity contribution is 0.113. The molecule has 0 aromatic rings. The first-order chi connectivity index (χ1) is 10.2. The standard InChI is InChI=1S/C16H34O4Si/c1-17-21(3,18-2)13-11-9-7-5-4-6-8-10-12-19-14-16-15-20-16/h16H,4-15H2,1-3H3. The van der Waals surface area contributed by atoms with Gasteiger partial charge in [0.2, 0.25) is 0 Å². The second kappa shape index (κ2) is 11.6. The predicted molar refractivity (Wildman–Crippen MR) is 87.9 cm³/mol. The highest BCUT2D eigenvalue weighted by Gasteiger charge is 2.27. The summed E-state index contributed by atoms with van der Waals surface area (Å²) in [6, 6.07) is 1.11. The summed E-state index contributed by atoms with van der Waals surface area (Å²) >= 11 is 0. The molecule has 0 aromatic heterocycles. The van der Waals surface area contributed by atoms with Crippen LogP contribution in [0.1, 0.15) is 51.4 Å². The Bertz CT molecular complexity index is 242. The zero-order valence-corrected chi connectivity index (χ0v) is 15.2. The van der Waals surface area contributed by atoms with Crippen molar-refractivity contribution in [2.24, 2.45) is 0 Å². The number of unbranched alkanes of at least 4 members (excludes halogenated alkanes) is 7. The Hall–Kier alpha value is 0.0569. The van der Waals surface area contributed by atoms with E-state index in [-0.39, 0.29) is 0 Å². The van der Waals surface area contributed by atoms with E-state index in [0.717, 1.165) is 25.9 Å². The molecule has 1 fully saturated rings. The molecular weight excluding hydrogens is 284 g/mol.